The number of imide groups is 1. The monoisotopic (exact) mass is 446 g/mol. The molecule has 4 rings (SSSR count). The summed E-state index contributed by atoms with van der Waals surface area (Å²) in [5, 5.41) is 4.22. The van der Waals surface area contributed by atoms with Gasteiger partial charge in [-0.05, 0) is 65.7 Å². The first-order valence-corrected chi connectivity index (χ1v) is 10.9. The highest BCUT2D eigenvalue weighted by molar-refractivity contribution is 8.18. The normalized spacial score (nSPS) is 15.0. The minimum absolute atomic E-state index is 0.254. The Morgan fingerprint density at radius 2 is 1.84 bits per heavy atom. The topological polar surface area (TPSA) is 75.7 Å². The van der Waals surface area contributed by atoms with Crippen LogP contribution in [0.4, 0.5) is 10.5 Å². The zero-order chi connectivity index (χ0) is 22.8. The predicted molar refractivity (Wildman–Crippen MR) is 128 cm³/mol. The molecule has 1 heterocycles. The number of anilines is 1. The van der Waals surface area contributed by atoms with Crippen LogP contribution in [0.3, 0.4) is 0 Å². The van der Waals surface area contributed by atoms with Gasteiger partial charge in [-0.3, -0.25) is 19.3 Å². The average Bonchev–Trinajstić information content (AvgIpc) is 3.04. The number of aryl methyl sites for hydroxylation is 1. The molecule has 1 fully saturated rings. The number of methoxy groups -OCH3 is 1. The van der Waals surface area contributed by atoms with E-state index < -0.39 is 17.1 Å². The van der Waals surface area contributed by atoms with Gasteiger partial charge in [-0.25, -0.2) is 0 Å². The molecule has 1 N–H and O–H groups in total. The molecule has 0 saturated carbocycles. The van der Waals surface area contributed by atoms with Gasteiger partial charge in [-0.2, -0.15) is 0 Å². The van der Waals surface area contributed by atoms with Crippen molar-refractivity contribution in [3.8, 4) is 5.75 Å². The van der Waals surface area contributed by atoms with Crippen LogP contribution in [0.5, 0.6) is 5.75 Å². The van der Waals surface area contributed by atoms with E-state index >= 15 is 0 Å². The van der Waals surface area contributed by atoms with E-state index in [9.17, 15) is 14.4 Å². The van der Waals surface area contributed by atoms with Crippen LogP contribution in [0.1, 0.15) is 16.7 Å². The number of benzene rings is 3. The van der Waals surface area contributed by atoms with Gasteiger partial charge in [0.05, 0.1) is 12.0 Å². The maximum Gasteiger partial charge on any atom is 0.294 e. The molecule has 0 radical (unpaired) electrons. The second kappa shape index (κ2) is 8.88. The van der Waals surface area contributed by atoms with Crippen LogP contribution in [0.25, 0.3) is 16.8 Å². The van der Waals surface area contributed by atoms with Gasteiger partial charge in [0.15, 0.2) is 0 Å². The Balaban J connectivity index is 1.58. The number of rotatable bonds is 5. The maximum atomic E-state index is 13.0. The fourth-order valence-electron chi connectivity index (χ4n) is 3.59. The zero-order valence-electron chi connectivity index (χ0n) is 18.0. The lowest BCUT2D eigenvalue weighted by Gasteiger charge is -2.14. The van der Waals surface area contributed by atoms with Crippen molar-refractivity contribution in [2.24, 2.45) is 0 Å². The van der Waals surface area contributed by atoms with Gasteiger partial charge in [-0.1, -0.05) is 42.5 Å². The van der Waals surface area contributed by atoms with Crippen LogP contribution in [-0.2, 0) is 9.59 Å². The van der Waals surface area contributed by atoms with Crippen molar-refractivity contribution in [1.29, 1.82) is 0 Å². The van der Waals surface area contributed by atoms with Crippen LogP contribution >= 0.6 is 11.8 Å². The predicted octanol–water partition coefficient (Wildman–Crippen LogP) is 5.14. The first-order valence-electron chi connectivity index (χ1n) is 10.1. The standard InChI is InChI=1S/C25H22N2O4S/c1-15-7-6-10-20(16(15)2)26-23(28)14-27-24(29)22(32-25(27)30)13-19-18-9-5-4-8-17(18)11-12-21(19)31-3/h4-13H,14H2,1-3H3,(H,26,28)/b22-13+. The highest BCUT2D eigenvalue weighted by Gasteiger charge is 2.36. The maximum absolute atomic E-state index is 13.0. The summed E-state index contributed by atoms with van der Waals surface area (Å²) in [5.74, 6) is -0.320. The highest BCUT2D eigenvalue weighted by Crippen LogP contribution is 2.36. The zero-order valence-corrected chi connectivity index (χ0v) is 18.8. The summed E-state index contributed by atoms with van der Waals surface area (Å²) in [7, 11) is 1.56. The van der Waals surface area contributed by atoms with Crippen LogP contribution < -0.4 is 10.1 Å². The molecule has 32 heavy (non-hydrogen) atoms. The van der Waals surface area contributed by atoms with Gasteiger partial charge in [0.1, 0.15) is 12.3 Å². The lowest BCUT2D eigenvalue weighted by Crippen LogP contribution is -2.36. The fraction of sp³-hybridized carbons (Fsp3) is 0.160. The molecule has 162 valence electrons. The number of hydrogen-bond acceptors (Lipinski definition) is 5. The van der Waals surface area contributed by atoms with E-state index in [4.69, 9.17) is 4.74 Å². The summed E-state index contributed by atoms with van der Waals surface area (Å²) in [6.45, 7) is 3.52. The van der Waals surface area contributed by atoms with Crippen LogP contribution in [-0.4, -0.2) is 35.6 Å². The molecule has 0 unspecified atom stereocenters. The van der Waals surface area contributed by atoms with Crippen LogP contribution in [0.15, 0.2) is 59.5 Å². The molecule has 3 aromatic rings. The Bertz CT molecular complexity index is 1280. The number of ether oxygens (including phenoxy) is 1. The largest absolute Gasteiger partial charge is 0.496 e. The van der Waals surface area contributed by atoms with Gasteiger partial charge < -0.3 is 10.1 Å². The smallest absolute Gasteiger partial charge is 0.294 e. The molecule has 7 heteroatoms. The van der Waals surface area contributed by atoms with Crippen molar-refractivity contribution in [3.05, 3.63) is 76.2 Å². The Morgan fingerprint density at radius 1 is 1.06 bits per heavy atom. The van der Waals surface area contributed by atoms with E-state index in [-0.39, 0.29) is 11.4 Å². The number of fused-ring (bicyclic) bond motifs is 1. The molecule has 1 aliphatic rings. The lowest BCUT2D eigenvalue weighted by molar-refractivity contribution is -0.127. The molecule has 1 aliphatic heterocycles. The Kier molecular flexibility index (Phi) is 6.01. The fourth-order valence-corrected chi connectivity index (χ4v) is 4.41. The number of nitrogens with one attached hydrogen (secondary N) is 1. The molecule has 0 bridgehead atoms. The Hall–Kier alpha value is -3.58. The molecular weight excluding hydrogens is 424 g/mol. The van der Waals surface area contributed by atoms with Gasteiger partial charge in [0.25, 0.3) is 11.1 Å². The Morgan fingerprint density at radius 3 is 2.62 bits per heavy atom. The van der Waals surface area contributed by atoms with E-state index in [1.165, 1.54) is 0 Å². The molecule has 1 saturated heterocycles. The number of carbonyl (C=O) groups excluding carboxylic acids is 3. The third kappa shape index (κ3) is 4.11. The van der Waals surface area contributed by atoms with E-state index in [1.54, 1.807) is 19.3 Å². The summed E-state index contributed by atoms with van der Waals surface area (Å²) in [6.07, 6.45) is 1.66. The molecule has 0 aliphatic carbocycles. The molecule has 0 aromatic heterocycles. The molecule has 0 spiro atoms. The number of carbonyl (C=O) groups is 3. The second-order valence-corrected chi connectivity index (χ2v) is 8.46. The second-order valence-electron chi connectivity index (χ2n) is 7.47. The van der Waals surface area contributed by atoms with E-state index in [1.807, 2.05) is 62.4 Å². The summed E-state index contributed by atoms with van der Waals surface area (Å²) in [5.41, 5.74) is 3.37. The number of nitrogens with zero attached hydrogens (tertiary/aromatic N) is 1. The molecule has 3 aromatic carbocycles. The van der Waals surface area contributed by atoms with Gasteiger partial charge in [-0.15, -0.1) is 0 Å². The highest BCUT2D eigenvalue weighted by atomic mass is 32.2. The third-order valence-electron chi connectivity index (χ3n) is 5.48. The summed E-state index contributed by atoms with van der Waals surface area (Å²) >= 11 is 0.821. The van der Waals surface area contributed by atoms with E-state index in [2.05, 4.69) is 5.32 Å². The van der Waals surface area contributed by atoms with Crippen molar-refractivity contribution in [2.75, 3.05) is 19.0 Å². The third-order valence-corrected chi connectivity index (χ3v) is 6.39. The first-order chi connectivity index (χ1) is 15.4. The molecule has 0 atom stereocenters. The van der Waals surface area contributed by atoms with Crippen molar-refractivity contribution in [1.82, 2.24) is 4.90 Å². The minimum Gasteiger partial charge on any atom is -0.496 e. The molecule has 3 amide bonds. The number of amides is 3. The van der Waals surface area contributed by atoms with Crippen molar-refractivity contribution in [3.63, 3.8) is 0 Å². The average molecular weight is 447 g/mol. The minimum atomic E-state index is -0.494. The quantitative estimate of drug-likeness (QED) is 0.549. The summed E-state index contributed by atoms with van der Waals surface area (Å²) < 4.78 is 5.48. The van der Waals surface area contributed by atoms with E-state index in [0.717, 1.165) is 44.1 Å². The van der Waals surface area contributed by atoms with Crippen LogP contribution in [0, 0.1) is 13.8 Å². The number of hydrogen-bond donors (Lipinski definition) is 1. The van der Waals surface area contributed by atoms with Crippen molar-refractivity contribution in [2.45, 2.75) is 13.8 Å². The van der Waals surface area contributed by atoms with Crippen LogP contribution in [0.2, 0.25) is 0 Å². The SMILES string of the molecule is COc1ccc2ccccc2c1/C=C1/SC(=O)N(CC(=O)Nc2cccc(C)c2C)C1=O. The van der Waals surface area contributed by atoms with Gasteiger partial charge in [0.2, 0.25) is 5.91 Å². The summed E-state index contributed by atoms with van der Waals surface area (Å²) in [4.78, 5) is 39.3. The lowest BCUT2D eigenvalue weighted by atomic mass is 10.0. The van der Waals surface area contributed by atoms with Crippen molar-refractivity contribution < 1.29 is 19.1 Å². The summed E-state index contributed by atoms with van der Waals surface area (Å²) in [6, 6.07) is 17.1. The first kappa shape index (κ1) is 21.6. The molecule has 6 nitrogen and oxygen atoms in total. The Labute approximate surface area is 190 Å². The number of thioether (sulfide) groups is 1. The van der Waals surface area contributed by atoms with E-state index in [0.29, 0.717) is 11.4 Å². The van der Waals surface area contributed by atoms with Gasteiger partial charge in [0, 0.05) is 11.3 Å². The van der Waals surface area contributed by atoms with Crippen molar-refractivity contribution >= 4 is 51.4 Å². The molecular formula is C25H22N2O4S. The van der Waals surface area contributed by atoms with Gasteiger partial charge >= 0.3 is 0 Å².